The van der Waals surface area contributed by atoms with Gasteiger partial charge < -0.3 is 14.7 Å². The SMILES string of the molecule is Cc1ccc(NC(=O)[C@H]2CCCN(c3ncnc4onc(C)c34)C2)nc1. The van der Waals surface area contributed by atoms with Crippen molar-refractivity contribution in [3.05, 3.63) is 35.9 Å². The van der Waals surface area contributed by atoms with E-state index < -0.39 is 0 Å². The van der Waals surface area contributed by atoms with Crippen LogP contribution in [-0.4, -0.2) is 39.1 Å². The number of hydrogen-bond acceptors (Lipinski definition) is 7. The van der Waals surface area contributed by atoms with E-state index in [2.05, 4.69) is 30.3 Å². The Labute approximate surface area is 150 Å². The zero-order valence-corrected chi connectivity index (χ0v) is 14.8. The second-order valence-corrected chi connectivity index (χ2v) is 6.64. The molecule has 4 rings (SSSR count). The Bertz CT molecular complexity index is 937. The van der Waals surface area contributed by atoms with Crippen molar-refractivity contribution >= 4 is 28.6 Å². The minimum absolute atomic E-state index is 0.0154. The van der Waals surface area contributed by atoms with E-state index in [1.165, 1.54) is 6.33 Å². The van der Waals surface area contributed by atoms with Crippen LogP contribution in [0.25, 0.3) is 11.1 Å². The molecular formula is C18H20N6O2. The molecule has 8 nitrogen and oxygen atoms in total. The minimum Gasteiger partial charge on any atom is -0.355 e. The van der Waals surface area contributed by atoms with E-state index in [0.29, 0.717) is 18.1 Å². The lowest BCUT2D eigenvalue weighted by atomic mass is 9.97. The Morgan fingerprint density at radius 2 is 2.15 bits per heavy atom. The van der Waals surface area contributed by atoms with Gasteiger partial charge in [-0.15, -0.1) is 0 Å². The van der Waals surface area contributed by atoms with Gasteiger partial charge in [0, 0.05) is 19.3 Å². The van der Waals surface area contributed by atoms with E-state index in [0.717, 1.165) is 41.8 Å². The molecule has 1 fully saturated rings. The van der Waals surface area contributed by atoms with Crippen molar-refractivity contribution < 1.29 is 9.32 Å². The molecule has 0 unspecified atom stereocenters. The zero-order valence-electron chi connectivity index (χ0n) is 14.8. The van der Waals surface area contributed by atoms with E-state index in [-0.39, 0.29) is 11.8 Å². The van der Waals surface area contributed by atoms with Crippen molar-refractivity contribution in [1.29, 1.82) is 0 Å². The number of nitrogens with zero attached hydrogens (tertiary/aromatic N) is 5. The van der Waals surface area contributed by atoms with Crippen molar-refractivity contribution in [1.82, 2.24) is 20.1 Å². The van der Waals surface area contributed by atoms with Gasteiger partial charge in [0.1, 0.15) is 23.3 Å². The van der Waals surface area contributed by atoms with Gasteiger partial charge in [-0.2, -0.15) is 4.98 Å². The number of aryl methyl sites for hydroxylation is 2. The highest BCUT2D eigenvalue weighted by atomic mass is 16.5. The molecule has 1 amide bonds. The average Bonchev–Trinajstić information content (AvgIpc) is 3.05. The highest BCUT2D eigenvalue weighted by molar-refractivity contribution is 5.93. The smallest absolute Gasteiger partial charge is 0.263 e. The molecule has 0 radical (unpaired) electrons. The molecule has 0 aromatic carbocycles. The second-order valence-electron chi connectivity index (χ2n) is 6.64. The fourth-order valence-corrected chi connectivity index (χ4v) is 3.30. The lowest BCUT2D eigenvalue weighted by Gasteiger charge is -2.32. The number of hydrogen-bond donors (Lipinski definition) is 1. The molecule has 0 saturated carbocycles. The van der Waals surface area contributed by atoms with Gasteiger partial charge in [0.2, 0.25) is 5.91 Å². The molecule has 8 heteroatoms. The maximum Gasteiger partial charge on any atom is 0.263 e. The van der Waals surface area contributed by atoms with Gasteiger partial charge in [-0.25, -0.2) is 9.97 Å². The Hall–Kier alpha value is -3.03. The maximum atomic E-state index is 12.7. The summed E-state index contributed by atoms with van der Waals surface area (Å²) in [5.41, 5.74) is 2.29. The van der Waals surface area contributed by atoms with Crippen LogP contribution in [0.5, 0.6) is 0 Å². The first-order valence-corrected chi connectivity index (χ1v) is 8.67. The summed E-state index contributed by atoms with van der Waals surface area (Å²) in [5, 5.41) is 7.70. The Morgan fingerprint density at radius 1 is 1.27 bits per heavy atom. The van der Waals surface area contributed by atoms with Crippen molar-refractivity contribution in [2.24, 2.45) is 5.92 Å². The molecule has 1 saturated heterocycles. The molecule has 0 spiro atoms. The lowest BCUT2D eigenvalue weighted by molar-refractivity contribution is -0.120. The van der Waals surface area contributed by atoms with Gasteiger partial charge in [0.15, 0.2) is 0 Å². The summed E-state index contributed by atoms with van der Waals surface area (Å²) in [6.45, 7) is 5.26. The summed E-state index contributed by atoms with van der Waals surface area (Å²) in [4.78, 5) is 27.6. The topological polar surface area (TPSA) is 97.0 Å². The molecule has 0 aliphatic carbocycles. The number of fused-ring (bicyclic) bond motifs is 1. The largest absolute Gasteiger partial charge is 0.355 e. The Balaban J connectivity index is 1.52. The minimum atomic E-state index is -0.128. The van der Waals surface area contributed by atoms with Gasteiger partial charge in [-0.3, -0.25) is 4.79 Å². The van der Waals surface area contributed by atoms with Gasteiger partial charge >= 0.3 is 0 Å². The summed E-state index contributed by atoms with van der Waals surface area (Å²) in [6, 6.07) is 3.75. The summed E-state index contributed by atoms with van der Waals surface area (Å²) in [6.07, 6.45) is 4.97. The number of pyridine rings is 1. The third-order valence-corrected chi connectivity index (χ3v) is 4.68. The highest BCUT2D eigenvalue weighted by Crippen LogP contribution is 2.29. The number of rotatable bonds is 3. The molecular weight excluding hydrogens is 332 g/mol. The predicted molar refractivity (Wildman–Crippen MR) is 96.9 cm³/mol. The van der Waals surface area contributed by atoms with Gasteiger partial charge in [0.05, 0.1) is 11.6 Å². The third kappa shape index (κ3) is 3.10. The van der Waals surface area contributed by atoms with Crippen molar-refractivity contribution in [3.63, 3.8) is 0 Å². The van der Waals surface area contributed by atoms with E-state index in [4.69, 9.17) is 4.52 Å². The summed E-state index contributed by atoms with van der Waals surface area (Å²) < 4.78 is 5.23. The van der Waals surface area contributed by atoms with E-state index in [1.807, 2.05) is 26.0 Å². The van der Waals surface area contributed by atoms with Crippen LogP contribution in [0.15, 0.2) is 29.2 Å². The Morgan fingerprint density at radius 3 is 2.96 bits per heavy atom. The fraction of sp³-hybridized carbons (Fsp3) is 0.389. The van der Waals surface area contributed by atoms with Crippen LogP contribution >= 0.6 is 0 Å². The monoisotopic (exact) mass is 352 g/mol. The van der Waals surface area contributed by atoms with Gasteiger partial charge in [-0.1, -0.05) is 11.2 Å². The van der Waals surface area contributed by atoms with Crippen LogP contribution in [0.1, 0.15) is 24.1 Å². The van der Waals surface area contributed by atoms with Crippen LogP contribution < -0.4 is 10.2 Å². The summed E-state index contributed by atoms with van der Waals surface area (Å²) in [7, 11) is 0. The molecule has 1 atom stereocenters. The summed E-state index contributed by atoms with van der Waals surface area (Å²) >= 11 is 0. The molecule has 1 aliphatic rings. The van der Waals surface area contributed by atoms with Crippen LogP contribution in [0.4, 0.5) is 11.6 Å². The standard InChI is InChI=1S/C18H20N6O2/c1-11-5-6-14(19-8-11)22-17(25)13-4-3-7-24(9-13)16-15-12(2)23-26-18(15)21-10-20-16/h5-6,8,10,13H,3-4,7,9H2,1-2H3,(H,19,22,25)/t13-/m0/s1. The third-order valence-electron chi connectivity index (χ3n) is 4.68. The zero-order chi connectivity index (χ0) is 18.1. The first-order chi connectivity index (χ1) is 12.6. The van der Waals surface area contributed by atoms with Gasteiger partial charge in [0.25, 0.3) is 5.71 Å². The normalized spacial score (nSPS) is 17.5. The number of nitrogens with one attached hydrogen (secondary N) is 1. The first kappa shape index (κ1) is 16.4. The van der Waals surface area contributed by atoms with Crippen LogP contribution in [0, 0.1) is 19.8 Å². The quantitative estimate of drug-likeness (QED) is 0.773. The molecule has 0 bridgehead atoms. The van der Waals surface area contributed by atoms with Crippen molar-refractivity contribution in [2.75, 3.05) is 23.3 Å². The number of aromatic nitrogens is 4. The van der Waals surface area contributed by atoms with Crippen LogP contribution in [0.3, 0.4) is 0 Å². The number of carbonyl (C=O) groups is 1. The van der Waals surface area contributed by atoms with Crippen molar-refractivity contribution in [2.45, 2.75) is 26.7 Å². The van der Waals surface area contributed by atoms with E-state index in [1.54, 1.807) is 6.20 Å². The predicted octanol–water partition coefficient (Wildman–Crippen LogP) is 2.48. The molecule has 3 aromatic rings. The van der Waals surface area contributed by atoms with Gasteiger partial charge in [-0.05, 0) is 38.3 Å². The van der Waals surface area contributed by atoms with Crippen LogP contribution in [-0.2, 0) is 4.79 Å². The number of anilines is 2. The maximum absolute atomic E-state index is 12.7. The number of piperidine rings is 1. The second kappa shape index (κ2) is 6.70. The molecule has 1 aliphatic heterocycles. The number of carbonyl (C=O) groups excluding carboxylic acids is 1. The van der Waals surface area contributed by atoms with E-state index >= 15 is 0 Å². The fourth-order valence-electron chi connectivity index (χ4n) is 3.30. The first-order valence-electron chi connectivity index (χ1n) is 8.67. The highest BCUT2D eigenvalue weighted by Gasteiger charge is 2.28. The summed E-state index contributed by atoms with van der Waals surface area (Å²) in [5.74, 6) is 1.21. The molecule has 134 valence electrons. The van der Waals surface area contributed by atoms with Crippen molar-refractivity contribution in [3.8, 4) is 0 Å². The molecule has 1 N–H and O–H groups in total. The molecule has 4 heterocycles. The lowest BCUT2D eigenvalue weighted by Crippen LogP contribution is -2.41. The molecule has 26 heavy (non-hydrogen) atoms. The van der Waals surface area contributed by atoms with E-state index in [9.17, 15) is 4.79 Å². The van der Waals surface area contributed by atoms with Crippen LogP contribution in [0.2, 0.25) is 0 Å². The molecule has 3 aromatic heterocycles. The number of amides is 1. The Kier molecular flexibility index (Phi) is 4.24. The average molecular weight is 352 g/mol.